The molecule has 0 bridgehead atoms. The first kappa shape index (κ1) is 25.4. The number of rotatable bonds is 10. The van der Waals surface area contributed by atoms with Crippen LogP contribution in [0.3, 0.4) is 0 Å². The summed E-state index contributed by atoms with van der Waals surface area (Å²) in [5, 5.41) is 22.9. The predicted octanol–water partition coefficient (Wildman–Crippen LogP) is 2.42. The Morgan fingerprint density at radius 3 is 2.97 bits per heavy atom. The Kier molecular flexibility index (Phi) is 7.83. The molecule has 196 valence electrons. The lowest BCUT2D eigenvalue weighted by Crippen LogP contribution is -2.42. The molecule has 1 aromatic carbocycles. The van der Waals surface area contributed by atoms with Gasteiger partial charge in [-0.25, -0.2) is 4.98 Å². The molecule has 1 fully saturated rings. The molecule has 1 amide bonds. The maximum absolute atomic E-state index is 12.7. The summed E-state index contributed by atoms with van der Waals surface area (Å²) in [4.78, 5) is 23.1. The maximum atomic E-state index is 12.7. The first-order chi connectivity index (χ1) is 17.9. The van der Waals surface area contributed by atoms with Crippen LogP contribution in [0.2, 0.25) is 0 Å². The normalized spacial score (nSPS) is 20.1. The minimum atomic E-state index is -0.672. The van der Waals surface area contributed by atoms with E-state index in [-0.39, 0.29) is 18.6 Å². The molecule has 9 heteroatoms. The number of oxazole rings is 1. The van der Waals surface area contributed by atoms with Crippen molar-refractivity contribution < 1.29 is 24.2 Å². The lowest BCUT2D eigenvalue weighted by molar-refractivity contribution is 0.0428. The first-order valence-corrected chi connectivity index (χ1v) is 12.9. The fraction of sp³-hybridized carbons (Fsp3) is 0.464. The van der Waals surface area contributed by atoms with Crippen molar-refractivity contribution in [1.82, 2.24) is 20.2 Å². The maximum Gasteiger partial charge on any atom is 0.251 e. The fourth-order valence-corrected chi connectivity index (χ4v) is 5.22. The molecule has 3 heterocycles. The van der Waals surface area contributed by atoms with Crippen molar-refractivity contribution in [3.63, 3.8) is 0 Å². The third-order valence-electron chi connectivity index (χ3n) is 7.33. The minimum Gasteiger partial charge on any atom is -0.485 e. The topological polar surface area (TPSA) is 121 Å². The molecule has 37 heavy (non-hydrogen) atoms. The van der Waals surface area contributed by atoms with E-state index < -0.39 is 6.10 Å². The van der Waals surface area contributed by atoms with Gasteiger partial charge in [0.1, 0.15) is 12.4 Å². The van der Waals surface area contributed by atoms with Gasteiger partial charge in [-0.05, 0) is 73.4 Å². The Morgan fingerprint density at radius 1 is 1.32 bits per heavy atom. The Balaban J connectivity index is 1.09. The summed E-state index contributed by atoms with van der Waals surface area (Å²) in [6, 6.07) is 7.57. The zero-order chi connectivity index (χ0) is 25.8. The molecule has 0 radical (unpaired) electrons. The van der Waals surface area contributed by atoms with Gasteiger partial charge in [0.2, 0.25) is 0 Å². The van der Waals surface area contributed by atoms with Crippen LogP contribution in [-0.2, 0) is 26.0 Å². The highest BCUT2D eigenvalue weighted by Gasteiger charge is 2.27. The molecule has 1 atom stereocenters. The van der Waals surface area contributed by atoms with Gasteiger partial charge in [-0.3, -0.25) is 14.7 Å². The number of aliphatic hydroxyl groups is 2. The van der Waals surface area contributed by atoms with E-state index in [1.165, 1.54) is 17.5 Å². The molecule has 2 aromatic heterocycles. The van der Waals surface area contributed by atoms with Gasteiger partial charge in [-0.1, -0.05) is 6.07 Å². The molecular formula is C28H34N4O5. The lowest BCUT2D eigenvalue weighted by atomic mass is 9.79. The Bertz CT molecular complexity index is 1210. The third kappa shape index (κ3) is 6.36. The smallest absolute Gasteiger partial charge is 0.251 e. The molecule has 3 aromatic rings. The summed E-state index contributed by atoms with van der Waals surface area (Å²) in [7, 11) is 0. The van der Waals surface area contributed by atoms with Crippen molar-refractivity contribution in [2.75, 3.05) is 19.6 Å². The van der Waals surface area contributed by atoms with Gasteiger partial charge < -0.3 is 24.7 Å². The molecule has 0 spiro atoms. The van der Waals surface area contributed by atoms with Crippen LogP contribution in [0.1, 0.15) is 51.3 Å². The number of fused-ring (bicyclic) bond motifs is 1. The Morgan fingerprint density at radius 2 is 2.19 bits per heavy atom. The number of β-amino-alcohol motifs (C(OH)–C–C–N with tert-alkyl or cyclic N) is 1. The quantitative estimate of drug-likeness (QED) is 0.383. The average molecular weight is 507 g/mol. The van der Waals surface area contributed by atoms with Gasteiger partial charge >= 0.3 is 0 Å². The second-order valence-corrected chi connectivity index (χ2v) is 10.2. The predicted molar refractivity (Wildman–Crippen MR) is 136 cm³/mol. The van der Waals surface area contributed by atoms with E-state index in [0.29, 0.717) is 30.4 Å². The van der Waals surface area contributed by atoms with Crippen LogP contribution in [0.15, 0.2) is 47.5 Å². The molecule has 0 saturated heterocycles. The van der Waals surface area contributed by atoms with Crippen molar-refractivity contribution in [2.24, 2.45) is 5.92 Å². The Hall–Kier alpha value is -3.27. The fourth-order valence-electron chi connectivity index (χ4n) is 5.22. The highest BCUT2D eigenvalue weighted by Crippen LogP contribution is 2.31. The zero-order valence-electron chi connectivity index (χ0n) is 21.1. The van der Waals surface area contributed by atoms with E-state index in [1.807, 2.05) is 6.07 Å². The van der Waals surface area contributed by atoms with E-state index in [2.05, 4.69) is 33.2 Å². The summed E-state index contributed by atoms with van der Waals surface area (Å²) >= 11 is 0. The van der Waals surface area contributed by atoms with Gasteiger partial charge in [0.05, 0.1) is 18.4 Å². The average Bonchev–Trinajstić information content (AvgIpc) is 3.40. The number of carbonyl (C=O) groups is 1. The standard InChI is InChI=1S/C28H34N4O5/c1-18-26-5-7-32(14-21(26)2-3-27(18)36-16-25-13-29-17-37-25)15-24(34)12-31-28(35)20-4-6-30-22(11-20)8-19-9-23(33)10-19/h2-4,6,11,13,17,19,23-24,33-34H,5,7-10,12,14-16H2,1H3,(H,31,35)/t19?,23?,24-/m0/s1. The first-order valence-electron chi connectivity index (χ1n) is 12.9. The number of hydrogen-bond acceptors (Lipinski definition) is 8. The van der Waals surface area contributed by atoms with Gasteiger partial charge in [0, 0.05) is 43.6 Å². The summed E-state index contributed by atoms with van der Waals surface area (Å²) in [5.74, 6) is 1.74. The molecule has 1 aliphatic heterocycles. The van der Waals surface area contributed by atoms with Crippen LogP contribution in [0.4, 0.5) is 0 Å². The van der Waals surface area contributed by atoms with Crippen LogP contribution < -0.4 is 10.1 Å². The van der Waals surface area contributed by atoms with Crippen LogP contribution in [0.5, 0.6) is 5.75 Å². The molecule has 1 saturated carbocycles. The van der Waals surface area contributed by atoms with Crippen LogP contribution in [0.25, 0.3) is 0 Å². The molecule has 9 nitrogen and oxygen atoms in total. The van der Waals surface area contributed by atoms with Crippen molar-refractivity contribution >= 4 is 5.91 Å². The number of aliphatic hydroxyl groups excluding tert-OH is 2. The van der Waals surface area contributed by atoms with E-state index in [9.17, 15) is 15.0 Å². The number of pyridine rings is 1. The molecule has 1 aliphatic carbocycles. The number of amides is 1. The number of benzene rings is 1. The van der Waals surface area contributed by atoms with Gasteiger partial charge in [0.25, 0.3) is 5.91 Å². The molecular weight excluding hydrogens is 472 g/mol. The molecule has 3 N–H and O–H groups in total. The third-order valence-corrected chi connectivity index (χ3v) is 7.33. The second kappa shape index (κ2) is 11.4. The highest BCUT2D eigenvalue weighted by atomic mass is 16.5. The number of carbonyl (C=O) groups excluding carboxylic acids is 1. The van der Waals surface area contributed by atoms with Crippen molar-refractivity contribution in [1.29, 1.82) is 0 Å². The van der Waals surface area contributed by atoms with E-state index in [1.54, 1.807) is 24.5 Å². The SMILES string of the molecule is Cc1c(OCc2cnco2)ccc2c1CCN(C[C@@H](O)CNC(=O)c1ccnc(CC3CC(O)C3)c1)C2. The van der Waals surface area contributed by atoms with Crippen molar-refractivity contribution in [3.05, 3.63) is 76.8 Å². The molecule has 5 rings (SSSR count). The van der Waals surface area contributed by atoms with Crippen LogP contribution >= 0.6 is 0 Å². The van der Waals surface area contributed by atoms with E-state index >= 15 is 0 Å². The van der Waals surface area contributed by atoms with Crippen molar-refractivity contribution in [2.45, 2.75) is 58.0 Å². The number of nitrogens with one attached hydrogen (secondary N) is 1. The summed E-state index contributed by atoms with van der Waals surface area (Å²) < 4.78 is 11.2. The van der Waals surface area contributed by atoms with E-state index in [0.717, 1.165) is 55.8 Å². The monoisotopic (exact) mass is 506 g/mol. The summed E-state index contributed by atoms with van der Waals surface area (Å²) in [5.41, 5.74) is 5.06. The Labute approximate surface area is 216 Å². The lowest BCUT2D eigenvalue weighted by Gasteiger charge is -2.31. The van der Waals surface area contributed by atoms with E-state index in [4.69, 9.17) is 9.15 Å². The minimum absolute atomic E-state index is 0.183. The number of hydrogen-bond donors (Lipinski definition) is 3. The van der Waals surface area contributed by atoms with Gasteiger partial charge in [-0.15, -0.1) is 0 Å². The zero-order valence-corrected chi connectivity index (χ0v) is 21.1. The molecule has 2 aliphatic rings. The number of ether oxygens (including phenoxy) is 1. The van der Waals surface area contributed by atoms with Crippen LogP contribution in [0, 0.1) is 12.8 Å². The largest absolute Gasteiger partial charge is 0.485 e. The van der Waals surface area contributed by atoms with Crippen molar-refractivity contribution in [3.8, 4) is 5.75 Å². The van der Waals surface area contributed by atoms with Crippen LogP contribution in [-0.4, -0.2) is 62.8 Å². The highest BCUT2D eigenvalue weighted by molar-refractivity contribution is 5.94. The molecule has 0 unspecified atom stereocenters. The summed E-state index contributed by atoms with van der Waals surface area (Å²) in [6.45, 7) is 4.65. The second-order valence-electron chi connectivity index (χ2n) is 10.2. The number of aromatic nitrogens is 2. The van der Waals surface area contributed by atoms with Gasteiger partial charge in [-0.2, -0.15) is 0 Å². The van der Waals surface area contributed by atoms with Gasteiger partial charge in [0.15, 0.2) is 12.2 Å². The number of nitrogens with zero attached hydrogens (tertiary/aromatic N) is 3. The summed E-state index contributed by atoms with van der Waals surface area (Å²) in [6.07, 6.45) is 7.05.